The smallest absolute Gasteiger partial charge is 0.273 e. The molecule has 0 aliphatic carbocycles. The molecule has 1 aliphatic rings. The first-order valence-corrected chi connectivity index (χ1v) is 9.46. The number of aromatic nitrogens is 4. The third kappa shape index (κ3) is 4.31. The lowest BCUT2D eigenvalue weighted by Gasteiger charge is -2.41. The number of likely N-dealkylation sites (N-methyl/N-ethyl adjacent to an activating group) is 1. The molecule has 2 aromatic heterocycles. The molecule has 2 atom stereocenters. The van der Waals surface area contributed by atoms with Crippen molar-refractivity contribution < 1.29 is 9.53 Å². The first-order chi connectivity index (χ1) is 13.3. The van der Waals surface area contributed by atoms with Crippen molar-refractivity contribution in [1.82, 2.24) is 29.5 Å². The van der Waals surface area contributed by atoms with E-state index in [9.17, 15) is 4.79 Å². The summed E-state index contributed by atoms with van der Waals surface area (Å²) >= 11 is 0. The number of carbonyl (C=O) groups excluding carboxylic acids is 1. The van der Waals surface area contributed by atoms with Crippen molar-refractivity contribution in [2.24, 2.45) is 7.05 Å². The highest BCUT2D eigenvalue weighted by Gasteiger charge is 2.38. The molecule has 1 aliphatic heterocycles. The van der Waals surface area contributed by atoms with Crippen LogP contribution in [0.1, 0.15) is 47.6 Å². The van der Waals surface area contributed by atoms with E-state index >= 15 is 0 Å². The predicted octanol–water partition coefficient (Wildman–Crippen LogP) is 1.06. The number of carbonyl (C=O) groups is 1. The van der Waals surface area contributed by atoms with Crippen LogP contribution >= 0.6 is 0 Å². The summed E-state index contributed by atoms with van der Waals surface area (Å²) in [6.07, 6.45) is 3.55. The van der Waals surface area contributed by atoms with Crippen molar-refractivity contribution in [3.05, 3.63) is 35.4 Å². The van der Waals surface area contributed by atoms with Gasteiger partial charge in [-0.2, -0.15) is 5.10 Å². The van der Waals surface area contributed by atoms with Crippen LogP contribution in [0.4, 0.5) is 5.95 Å². The van der Waals surface area contributed by atoms with Gasteiger partial charge in [0.2, 0.25) is 5.95 Å². The second kappa shape index (κ2) is 8.24. The lowest BCUT2D eigenvalue weighted by atomic mass is 9.99. The van der Waals surface area contributed by atoms with Crippen molar-refractivity contribution in [3.8, 4) is 0 Å². The molecule has 2 aromatic rings. The van der Waals surface area contributed by atoms with Crippen LogP contribution in [-0.4, -0.2) is 75.4 Å². The Hall–Kier alpha value is -2.52. The molecule has 9 nitrogen and oxygen atoms in total. The van der Waals surface area contributed by atoms with E-state index < -0.39 is 0 Å². The van der Waals surface area contributed by atoms with E-state index in [1.54, 1.807) is 16.9 Å². The molecule has 9 heteroatoms. The van der Waals surface area contributed by atoms with E-state index in [2.05, 4.69) is 20.0 Å². The molecule has 1 saturated heterocycles. The van der Waals surface area contributed by atoms with Gasteiger partial charge in [-0.15, -0.1) is 0 Å². The number of morpholine rings is 1. The maximum atomic E-state index is 13.4. The number of rotatable bonds is 5. The van der Waals surface area contributed by atoms with E-state index in [1.807, 2.05) is 46.1 Å². The van der Waals surface area contributed by atoms with Crippen molar-refractivity contribution >= 4 is 11.9 Å². The Morgan fingerprint density at radius 1 is 1.39 bits per heavy atom. The van der Waals surface area contributed by atoms with Crippen LogP contribution in [0.15, 0.2) is 18.5 Å². The molecule has 3 rings (SSSR count). The summed E-state index contributed by atoms with van der Waals surface area (Å²) < 4.78 is 7.77. The predicted molar refractivity (Wildman–Crippen MR) is 106 cm³/mol. The second-order valence-corrected chi connectivity index (χ2v) is 7.75. The minimum Gasteiger partial charge on any atom is -0.373 e. The van der Waals surface area contributed by atoms with Crippen LogP contribution in [0.3, 0.4) is 0 Å². The molecule has 28 heavy (non-hydrogen) atoms. The second-order valence-electron chi connectivity index (χ2n) is 7.75. The number of nitrogen functional groups attached to an aromatic ring is 1. The van der Waals surface area contributed by atoms with Crippen LogP contribution in [0, 0.1) is 0 Å². The normalized spacial score (nSPS) is 20.2. The van der Waals surface area contributed by atoms with Crippen molar-refractivity contribution in [2.45, 2.75) is 31.9 Å². The van der Waals surface area contributed by atoms with E-state index in [-0.39, 0.29) is 29.9 Å². The molecule has 0 aromatic carbocycles. The molecule has 0 unspecified atom stereocenters. The van der Waals surface area contributed by atoms with Crippen molar-refractivity contribution in [3.63, 3.8) is 0 Å². The maximum absolute atomic E-state index is 13.4. The zero-order valence-corrected chi connectivity index (χ0v) is 17.2. The lowest BCUT2D eigenvalue weighted by molar-refractivity contribution is -0.0686. The maximum Gasteiger partial charge on any atom is 0.273 e. The van der Waals surface area contributed by atoms with Gasteiger partial charge >= 0.3 is 0 Å². The summed E-state index contributed by atoms with van der Waals surface area (Å²) in [5.74, 6) is 0.0969. The van der Waals surface area contributed by atoms with Crippen molar-refractivity contribution in [2.75, 3.05) is 39.5 Å². The van der Waals surface area contributed by atoms with Crippen LogP contribution in [0.5, 0.6) is 0 Å². The standard InChI is InChI=1S/C19H29N7O2/c1-12(2)14-8-15(23-19(20)22-14)18(27)26-6-7-28-16(11-24(3)4)17(26)13-9-21-25(5)10-13/h8-10,12,16-17H,6-7,11H2,1-5H3,(H2,20,22,23)/t16-,17-/m0/s1. The number of nitrogens with zero attached hydrogens (tertiary/aromatic N) is 6. The van der Waals surface area contributed by atoms with Crippen molar-refractivity contribution in [1.29, 1.82) is 0 Å². The Morgan fingerprint density at radius 3 is 2.75 bits per heavy atom. The summed E-state index contributed by atoms with van der Waals surface area (Å²) in [6.45, 7) is 5.65. The van der Waals surface area contributed by atoms with E-state index in [0.29, 0.717) is 25.4 Å². The number of anilines is 1. The van der Waals surface area contributed by atoms with Crippen LogP contribution in [0.2, 0.25) is 0 Å². The topological polar surface area (TPSA) is 102 Å². The van der Waals surface area contributed by atoms with Crippen LogP contribution in [0.25, 0.3) is 0 Å². The monoisotopic (exact) mass is 387 g/mol. The van der Waals surface area contributed by atoms with Gasteiger partial charge in [0, 0.05) is 37.6 Å². The molecular formula is C19H29N7O2. The van der Waals surface area contributed by atoms with Gasteiger partial charge < -0.3 is 20.3 Å². The SMILES string of the molecule is CC(C)c1cc(C(=O)N2CCO[C@@H](CN(C)C)[C@@H]2c2cnn(C)c2)nc(N)n1. The average molecular weight is 387 g/mol. The first kappa shape index (κ1) is 20.2. The molecule has 152 valence electrons. The molecule has 3 heterocycles. The molecule has 0 saturated carbocycles. The van der Waals surface area contributed by atoms with Gasteiger partial charge in [-0.05, 0) is 26.1 Å². The summed E-state index contributed by atoms with van der Waals surface area (Å²) in [4.78, 5) is 25.8. The highest BCUT2D eigenvalue weighted by Crippen LogP contribution is 2.31. The molecule has 0 radical (unpaired) electrons. The van der Waals surface area contributed by atoms with Gasteiger partial charge in [-0.25, -0.2) is 9.97 Å². The molecule has 2 N–H and O–H groups in total. The number of nitrogens with two attached hydrogens (primary N) is 1. The van der Waals surface area contributed by atoms with Crippen LogP contribution in [-0.2, 0) is 11.8 Å². The molecule has 1 fully saturated rings. The Bertz CT molecular complexity index is 833. The van der Waals surface area contributed by atoms with E-state index in [0.717, 1.165) is 11.3 Å². The summed E-state index contributed by atoms with van der Waals surface area (Å²) in [5.41, 5.74) is 7.88. The Morgan fingerprint density at radius 2 is 2.14 bits per heavy atom. The van der Waals surface area contributed by atoms with Crippen LogP contribution < -0.4 is 5.73 Å². The van der Waals surface area contributed by atoms with Gasteiger partial charge in [0.05, 0.1) is 24.9 Å². The van der Waals surface area contributed by atoms with E-state index in [4.69, 9.17) is 10.5 Å². The summed E-state index contributed by atoms with van der Waals surface area (Å²) in [7, 11) is 5.84. The fourth-order valence-electron chi connectivity index (χ4n) is 3.50. The molecule has 1 amide bonds. The number of hydrogen-bond acceptors (Lipinski definition) is 7. The minimum atomic E-state index is -0.254. The minimum absolute atomic E-state index is 0.116. The fraction of sp³-hybridized carbons (Fsp3) is 0.579. The lowest BCUT2D eigenvalue weighted by Crippen LogP contribution is -2.51. The summed E-state index contributed by atoms with van der Waals surface area (Å²) in [5, 5.41) is 4.29. The van der Waals surface area contributed by atoms with Gasteiger partial charge in [0.1, 0.15) is 5.69 Å². The molecule has 0 spiro atoms. The number of amides is 1. The quantitative estimate of drug-likeness (QED) is 0.818. The molecular weight excluding hydrogens is 358 g/mol. The number of ether oxygens (including phenoxy) is 1. The highest BCUT2D eigenvalue weighted by atomic mass is 16.5. The largest absolute Gasteiger partial charge is 0.373 e. The van der Waals surface area contributed by atoms with E-state index in [1.165, 1.54) is 0 Å². The van der Waals surface area contributed by atoms with Gasteiger partial charge in [0.15, 0.2) is 0 Å². The van der Waals surface area contributed by atoms with Gasteiger partial charge in [-0.1, -0.05) is 13.8 Å². The Labute approximate surface area is 165 Å². The number of aryl methyl sites for hydroxylation is 1. The third-order valence-corrected chi connectivity index (χ3v) is 4.80. The summed E-state index contributed by atoms with van der Waals surface area (Å²) in [6, 6.07) is 1.48. The zero-order chi connectivity index (χ0) is 20.4. The van der Waals surface area contributed by atoms with Gasteiger partial charge in [0.25, 0.3) is 5.91 Å². The Kier molecular flexibility index (Phi) is 5.95. The Balaban J connectivity index is 1.98. The highest BCUT2D eigenvalue weighted by molar-refractivity contribution is 5.93. The van der Waals surface area contributed by atoms with Gasteiger partial charge in [-0.3, -0.25) is 9.48 Å². The number of hydrogen-bond donors (Lipinski definition) is 1. The first-order valence-electron chi connectivity index (χ1n) is 9.46. The average Bonchev–Trinajstić information content (AvgIpc) is 3.05. The molecule has 0 bridgehead atoms. The fourth-order valence-corrected chi connectivity index (χ4v) is 3.50. The zero-order valence-electron chi connectivity index (χ0n) is 17.2. The third-order valence-electron chi connectivity index (χ3n) is 4.80.